The molecular formula is C11H14ClN. The van der Waals surface area contributed by atoms with Gasteiger partial charge in [0.2, 0.25) is 0 Å². The van der Waals surface area contributed by atoms with E-state index in [0.29, 0.717) is 5.88 Å². The number of hydrogen-bond donors (Lipinski definition) is 0. The zero-order valence-corrected chi connectivity index (χ0v) is 8.80. The van der Waals surface area contributed by atoms with Gasteiger partial charge in [0.1, 0.15) is 0 Å². The van der Waals surface area contributed by atoms with E-state index in [1.54, 1.807) is 0 Å². The molecule has 1 nitrogen and oxygen atoms in total. The molecule has 0 aliphatic heterocycles. The average Bonchev–Trinajstić information content (AvgIpc) is 2.17. The maximum atomic E-state index is 5.71. The minimum absolute atomic E-state index is 0.483. The van der Waals surface area contributed by atoms with Crippen LogP contribution in [0.25, 0.3) is 5.57 Å². The predicted octanol–water partition coefficient (Wildman–Crippen LogP) is 3.00. The van der Waals surface area contributed by atoms with Crippen molar-refractivity contribution in [1.82, 2.24) is 0 Å². The summed E-state index contributed by atoms with van der Waals surface area (Å²) < 4.78 is 0. The minimum atomic E-state index is 0.483. The van der Waals surface area contributed by atoms with E-state index in [9.17, 15) is 0 Å². The average molecular weight is 196 g/mol. The fourth-order valence-corrected chi connectivity index (χ4v) is 1.24. The Morgan fingerprint density at radius 2 is 2.15 bits per heavy atom. The molecule has 70 valence electrons. The third kappa shape index (κ3) is 2.49. The minimum Gasteiger partial charge on any atom is -0.378 e. The number of alkyl halides is 1. The van der Waals surface area contributed by atoms with Crippen molar-refractivity contribution in [3.8, 4) is 0 Å². The Kier molecular flexibility index (Phi) is 3.38. The smallest absolute Gasteiger partial charge is 0.0474 e. The molecule has 0 atom stereocenters. The SMILES string of the molecule is C=C(CCl)c1cccc(N(C)C)c1. The van der Waals surface area contributed by atoms with Crippen molar-refractivity contribution in [1.29, 1.82) is 0 Å². The summed E-state index contributed by atoms with van der Waals surface area (Å²) in [6.45, 7) is 3.89. The van der Waals surface area contributed by atoms with Crippen molar-refractivity contribution < 1.29 is 0 Å². The van der Waals surface area contributed by atoms with E-state index in [1.807, 2.05) is 26.2 Å². The lowest BCUT2D eigenvalue weighted by Gasteiger charge is -2.13. The van der Waals surface area contributed by atoms with Gasteiger partial charge in [0.25, 0.3) is 0 Å². The first-order valence-electron chi connectivity index (χ1n) is 4.16. The normalized spacial score (nSPS) is 9.77. The van der Waals surface area contributed by atoms with E-state index in [1.165, 1.54) is 5.69 Å². The quantitative estimate of drug-likeness (QED) is 0.671. The first kappa shape index (κ1) is 10.1. The third-order valence-electron chi connectivity index (χ3n) is 1.93. The van der Waals surface area contributed by atoms with Gasteiger partial charge in [-0.15, -0.1) is 11.6 Å². The Morgan fingerprint density at radius 1 is 1.46 bits per heavy atom. The Labute approximate surface area is 84.6 Å². The van der Waals surface area contributed by atoms with E-state index >= 15 is 0 Å². The summed E-state index contributed by atoms with van der Waals surface area (Å²) in [5, 5.41) is 0. The molecule has 13 heavy (non-hydrogen) atoms. The molecule has 0 spiro atoms. The number of benzene rings is 1. The van der Waals surface area contributed by atoms with Crippen LogP contribution in [0.5, 0.6) is 0 Å². The zero-order valence-electron chi connectivity index (χ0n) is 8.05. The summed E-state index contributed by atoms with van der Waals surface area (Å²) in [5.74, 6) is 0.483. The van der Waals surface area contributed by atoms with Crippen LogP contribution in [-0.4, -0.2) is 20.0 Å². The van der Waals surface area contributed by atoms with Gasteiger partial charge in [0.15, 0.2) is 0 Å². The highest BCUT2D eigenvalue weighted by atomic mass is 35.5. The van der Waals surface area contributed by atoms with Crippen molar-refractivity contribution in [3.05, 3.63) is 36.4 Å². The Bertz CT molecular complexity index is 305. The lowest BCUT2D eigenvalue weighted by Crippen LogP contribution is -2.08. The summed E-state index contributed by atoms with van der Waals surface area (Å²) in [6, 6.07) is 8.19. The van der Waals surface area contributed by atoms with Crippen LogP contribution in [0.15, 0.2) is 30.8 Å². The number of halogens is 1. The molecule has 0 saturated heterocycles. The fraction of sp³-hybridized carbons (Fsp3) is 0.273. The van der Waals surface area contributed by atoms with Crippen LogP contribution in [0, 0.1) is 0 Å². The molecule has 1 rings (SSSR count). The highest BCUT2D eigenvalue weighted by molar-refractivity contribution is 6.23. The van der Waals surface area contributed by atoms with Gasteiger partial charge < -0.3 is 4.90 Å². The Morgan fingerprint density at radius 3 is 2.69 bits per heavy atom. The van der Waals surface area contributed by atoms with Gasteiger partial charge >= 0.3 is 0 Å². The Hall–Kier alpha value is -0.950. The van der Waals surface area contributed by atoms with Crippen molar-refractivity contribution in [2.24, 2.45) is 0 Å². The molecule has 0 aliphatic rings. The first-order valence-corrected chi connectivity index (χ1v) is 4.70. The highest BCUT2D eigenvalue weighted by Gasteiger charge is 1.99. The molecule has 0 radical (unpaired) electrons. The summed E-state index contributed by atoms with van der Waals surface area (Å²) in [5.41, 5.74) is 3.25. The molecule has 0 bridgehead atoms. The molecule has 0 saturated carbocycles. The monoisotopic (exact) mass is 195 g/mol. The summed E-state index contributed by atoms with van der Waals surface area (Å²) in [7, 11) is 4.03. The summed E-state index contributed by atoms with van der Waals surface area (Å²) >= 11 is 5.71. The molecule has 0 aliphatic carbocycles. The fourth-order valence-electron chi connectivity index (χ4n) is 1.08. The zero-order chi connectivity index (χ0) is 9.84. The lowest BCUT2D eigenvalue weighted by molar-refractivity contribution is 1.13. The molecule has 0 heterocycles. The van der Waals surface area contributed by atoms with E-state index in [4.69, 9.17) is 11.6 Å². The lowest BCUT2D eigenvalue weighted by atomic mass is 10.1. The van der Waals surface area contributed by atoms with Gasteiger partial charge in [-0.25, -0.2) is 0 Å². The van der Waals surface area contributed by atoms with Crippen molar-refractivity contribution in [2.45, 2.75) is 0 Å². The van der Waals surface area contributed by atoms with Crippen molar-refractivity contribution >= 4 is 22.9 Å². The number of nitrogens with zero attached hydrogens (tertiary/aromatic N) is 1. The topological polar surface area (TPSA) is 3.24 Å². The second kappa shape index (κ2) is 4.33. The molecule has 0 amide bonds. The maximum Gasteiger partial charge on any atom is 0.0474 e. The van der Waals surface area contributed by atoms with Crippen LogP contribution >= 0.6 is 11.6 Å². The van der Waals surface area contributed by atoms with E-state index in [2.05, 4.69) is 23.6 Å². The summed E-state index contributed by atoms with van der Waals surface area (Å²) in [6.07, 6.45) is 0. The van der Waals surface area contributed by atoms with Gasteiger partial charge in [-0.1, -0.05) is 18.7 Å². The number of allylic oxidation sites excluding steroid dienone is 1. The molecule has 0 fully saturated rings. The van der Waals surface area contributed by atoms with Gasteiger partial charge in [-0.05, 0) is 23.3 Å². The second-order valence-corrected chi connectivity index (χ2v) is 3.45. The van der Waals surface area contributed by atoms with Crippen molar-refractivity contribution in [3.63, 3.8) is 0 Å². The number of hydrogen-bond acceptors (Lipinski definition) is 1. The molecule has 0 aromatic heterocycles. The van der Waals surface area contributed by atoms with E-state index in [-0.39, 0.29) is 0 Å². The van der Waals surface area contributed by atoms with Crippen LogP contribution in [-0.2, 0) is 0 Å². The molecule has 1 aromatic rings. The van der Waals surface area contributed by atoms with Crippen LogP contribution in [0.1, 0.15) is 5.56 Å². The molecular weight excluding hydrogens is 182 g/mol. The maximum absolute atomic E-state index is 5.71. The molecule has 1 aromatic carbocycles. The number of anilines is 1. The standard InChI is InChI=1S/C11H14ClN/c1-9(8-12)10-5-4-6-11(7-10)13(2)3/h4-7H,1,8H2,2-3H3. The third-order valence-corrected chi connectivity index (χ3v) is 2.25. The van der Waals surface area contributed by atoms with Crippen LogP contribution in [0.4, 0.5) is 5.69 Å². The van der Waals surface area contributed by atoms with Gasteiger partial charge in [0, 0.05) is 25.7 Å². The van der Waals surface area contributed by atoms with Gasteiger partial charge in [0.05, 0.1) is 0 Å². The first-order chi connectivity index (χ1) is 6.15. The second-order valence-electron chi connectivity index (χ2n) is 3.18. The van der Waals surface area contributed by atoms with E-state index < -0.39 is 0 Å². The molecule has 0 unspecified atom stereocenters. The highest BCUT2D eigenvalue weighted by Crippen LogP contribution is 2.19. The number of rotatable bonds is 3. The van der Waals surface area contributed by atoms with Gasteiger partial charge in [-0.2, -0.15) is 0 Å². The largest absolute Gasteiger partial charge is 0.378 e. The predicted molar refractivity (Wildman–Crippen MR) is 60.5 cm³/mol. The van der Waals surface area contributed by atoms with Crippen LogP contribution in [0.3, 0.4) is 0 Å². The molecule has 2 heteroatoms. The Balaban J connectivity index is 2.98. The van der Waals surface area contributed by atoms with E-state index in [0.717, 1.165) is 11.1 Å². The van der Waals surface area contributed by atoms with Crippen LogP contribution in [0.2, 0.25) is 0 Å². The van der Waals surface area contributed by atoms with Crippen molar-refractivity contribution in [2.75, 3.05) is 24.9 Å². The molecule has 0 N–H and O–H groups in total. The van der Waals surface area contributed by atoms with Gasteiger partial charge in [-0.3, -0.25) is 0 Å². The summed E-state index contributed by atoms with van der Waals surface area (Å²) in [4.78, 5) is 2.06. The van der Waals surface area contributed by atoms with Crippen LogP contribution < -0.4 is 4.90 Å².